The zero-order chi connectivity index (χ0) is 13.7. The fourth-order valence-corrected chi connectivity index (χ4v) is 1.75. The quantitative estimate of drug-likeness (QED) is 0.892. The number of hydrogen-bond acceptors (Lipinski definition) is 4. The topological polar surface area (TPSA) is 72.1 Å². The maximum atomic E-state index is 12.2. The van der Waals surface area contributed by atoms with Crippen molar-refractivity contribution in [3.8, 4) is 0 Å². The summed E-state index contributed by atoms with van der Waals surface area (Å²) in [5.74, 6) is -0.0669. The molecule has 98 valence electrons. The summed E-state index contributed by atoms with van der Waals surface area (Å²) in [5.41, 5.74) is 7.67. The highest BCUT2D eigenvalue weighted by Crippen LogP contribution is 2.07. The smallest absolute Gasteiger partial charge is 0.254 e. The minimum Gasteiger partial charge on any atom is -0.336 e. The average Bonchev–Trinajstić information content (AvgIpc) is 2.47. The molecule has 2 N–H and O–H groups in total. The zero-order valence-corrected chi connectivity index (χ0v) is 10.8. The molecule has 0 aromatic carbocycles. The molecule has 0 saturated carbocycles. The van der Waals surface area contributed by atoms with E-state index in [4.69, 9.17) is 5.73 Å². The zero-order valence-electron chi connectivity index (χ0n) is 10.8. The minimum atomic E-state index is -0.0669. The molecule has 0 atom stereocenters. The molecule has 0 radical (unpaired) electrons. The van der Waals surface area contributed by atoms with Crippen LogP contribution in [0.25, 0.3) is 0 Å². The van der Waals surface area contributed by atoms with Gasteiger partial charge in [0.1, 0.15) is 0 Å². The van der Waals surface area contributed by atoms with Gasteiger partial charge < -0.3 is 10.6 Å². The van der Waals surface area contributed by atoms with Crippen molar-refractivity contribution in [1.82, 2.24) is 14.9 Å². The SMILES string of the molecule is CN(Cc1ccccn1)C(=O)c1ccnc(CN)c1. The van der Waals surface area contributed by atoms with Crippen LogP contribution in [0.15, 0.2) is 42.7 Å². The molecule has 2 heterocycles. The van der Waals surface area contributed by atoms with Gasteiger partial charge in [-0.05, 0) is 24.3 Å². The molecule has 0 aliphatic carbocycles. The Morgan fingerprint density at radius 3 is 2.68 bits per heavy atom. The van der Waals surface area contributed by atoms with Gasteiger partial charge in [-0.15, -0.1) is 0 Å². The highest BCUT2D eigenvalue weighted by Gasteiger charge is 2.12. The van der Waals surface area contributed by atoms with Gasteiger partial charge in [0.2, 0.25) is 0 Å². The molecule has 19 heavy (non-hydrogen) atoms. The van der Waals surface area contributed by atoms with Crippen LogP contribution in [-0.2, 0) is 13.1 Å². The van der Waals surface area contributed by atoms with Gasteiger partial charge in [-0.2, -0.15) is 0 Å². The van der Waals surface area contributed by atoms with Crippen molar-refractivity contribution < 1.29 is 4.79 Å². The number of carbonyl (C=O) groups excluding carboxylic acids is 1. The fraction of sp³-hybridized carbons (Fsp3) is 0.214. The van der Waals surface area contributed by atoms with Gasteiger partial charge in [-0.3, -0.25) is 14.8 Å². The second kappa shape index (κ2) is 6.06. The van der Waals surface area contributed by atoms with Crippen LogP contribution in [0.4, 0.5) is 0 Å². The van der Waals surface area contributed by atoms with Gasteiger partial charge in [0, 0.05) is 31.5 Å². The minimum absolute atomic E-state index is 0.0669. The summed E-state index contributed by atoms with van der Waals surface area (Å²) in [6.07, 6.45) is 3.32. The van der Waals surface area contributed by atoms with Crippen LogP contribution in [-0.4, -0.2) is 27.8 Å². The van der Waals surface area contributed by atoms with Gasteiger partial charge in [-0.1, -0.05) is 6.07 Å². The summed E-state index contributed by atoms with van der Waals surface area (Å²) in [6, 6.07) is 9.05. The number of nitrogens with two attached hydrogens (primary N) is 1. The first kappa shape index (κ1) is 13.2. The van der Waals surface area contributed by atoms with Crippen molar-refractivity contribution in [2.24, 2.45) is 5.73 Å². The molecule has 2 aromatic heterocycles. The number of nitrogens with zero attached hydrogens (tertiary/aromatic N) is 3. The van der Waals surface area contributed by atoms with Crippen molar-refractivity contribution in [2.75, 3.05) is 7.05 Å². The number of carbonyl (C=O) groups is 1. The molecule has 0 saturated heterocycles. The molecule has 0 aliphatic heterocycles. The summed E-state index contributed by atoms with van der Waals surface area (Å²) >= 11 is 0. The molecule has 0 unspecified atom stereocenters. The normalized spacial score (nSPS) is 10.2. The number of rotatable bonds is 4. The third kappa shape index (κ3) is 3.35. The van der Waals surface area contributed by atoms with Crippen LogP contribution in [0.3, 0.4) is 0 Å². The van der Waals surface area contributed by atoms with E-state index in [0.29, 0.717) is 24.3 Å². The second-order valence-electron chi connectivity index (χ2n) is 4.22. The van der Waals surface area contributed by atoms with Crippen molar-refractivity contribution in [3.63, 3.8) is 0 Å². The van der Waals surface area contributed by atoms with Gasteiger partial charge >= 0.3 is 0 Å². The summed E-state index contributed by atoms with van der Waals surface area (Å²) in [5, 5.41) is 0. The average molecular weight is 256 g/mol. The Kier molecular flexibility index (Phi) is 4.20. The van der Waals surface area contributed by atoms with Crippen molar-refractivity contribution >= 4 is 5.91 Å². The highest BCUT2D eigenvalue weighted by molar-refractivity contribution is 5.94. The number of hydrogen-bond donors (Lipinski definition) is 1. The maximum Gasteiger partial charge on any atom is 0.254 e. The van der Waals surface area contributed by atoms with Gasteiger partial charge in [0.25, 0.3) is 5.91 Å². The summed E-state index contributed by atoms with van der Waals surface area (Å²) in [4.78, 5) is 22.1. The summed E-state index contributed by atoms with van der Waals surface area (Å²) in [6.45, 7) is 0.797. The van der Waals surface area contributed by atoms with Crippen LogP contribution in [0.5, 0.6) is 0 Å². The molecule has 2 rings (SSSR count). The van der Waals surface area contributed by atoms with E-state index < -0.39 is 0 Å². The van der Waals surface area contributed by atoms with E-state index >= 15 is 0 Å². The Hall–Kier alpha value is -2.27. The summed E-state index contributed by atoms with van der Waals surface area (Å²) in [7, 11) is 1.75. The Labute approximate surface area is 112 Å². The molecule has 0 aliphatic rings. The second-order valence-corrected chi connectivity index (χ2v) is 4.22. The van der Waals surface area contributed by atoms with E-state index in [-0.39, 0.29) is 5.91 Å². The maximum absolute atomic E-state index is 12.2. The van der Waals surface area contributed by atoms with E-state index in [0.717, 1.165) is 5.69 Å². The van der Waals surface area contributed by atoms with E-state index in [1.54, 1.807) is 36.5 Å². The van der Waals surface area contributed by atoms with E-state index in [2.05, 4.69) is 9.97 Å². The van der Waals surface area contributed by atoms with Crippen LogP contribution in [0.2, 0.25) is 0 Å². The van der Waals surface area contributed by atoms with Crippen molar-refractivity contribution in [2.45, 2.75) is 13.1 Å². The Morgan fingerprint density at radius 1 is 1.21 bits per heavy atom. The first-order valence-electron chi connectivity index (χ1n) is 6.01. The van der Waals surface area contributed by atoms with Gasteiger partial charge in [0.05, 0.1) is 17.9 Å². The lowest BCUT2D eigenvalue weighted by Gasteiger charge is -2.16. The van der Waals surface area contributed by atoms with Crippen LogP contribution in [0.1, 0.15) is 21.7 Å². The van der Waals surface area contributed by atoms with Crippen LogP contribution in [0, 0.1) is 0 Å². The molecule has 5 heteroatoms. The molecule has 2 aromatic rings. The predicted molar refractivity (Wildman–Crippen MR) is 72.2 cm³/mol. The number of amides is 1. The van der Waals surface area contributed by atoms with Crippen LogP contribution >= 0.6 is 0 Å². The van der Waals surface area contributed by atoms with Crippen LogP contribution < -0.4 is 5.73 Å². The predicted octanol–water partition coefficient (Wildman–Crippen LogP) is 1.21. The fourth-order valence-electron chi connectivity index (χ4n) is 1.75. The first-order valence-corrected chi connectivity index (χ1v) is 6.01. The molecular formula is C14H16N4O. The largest absolute Gasteiger partial charge is 0.336 e. The standard InChI is InChI=1S/C14H16N4O/c1-18(10-12-4-2-3-6-16-12)14(19)11-5-7-17-13(8-11)9-15/h2-8H,9-10,15H2,1H3. The molecule has 0 fully saturated rings. The van der Waals surface area contributed by atoms with Gasteiger partial charge in [-0.25, -0.2) is 0 Å². The Balaban J connectivity index is 2.10. The van der Waals surface area contributed by atoms with E-state index in [9.17, 15) is 4.79 Å². The molecule has 1 amide bonds. The van der Waals surface area contributed by atoms with Crippen molar-refractivity contribution in [3.05, 3.63) is 59.7 Å². The lowest BCUT2D eigenvalue weighted by molar-refractivity contribution is 0.0783. The van der Waals surface area contributed by atoms with Crippen molar-refractivity contribution in [1.29, 1.82) is 0 Å². The lowest BCUT2D eigenvalue weighted by Crippen LogP contribution is -2.26. The monoisotopic (exact) mass is 256 g/mol. The van der Waals surface area contributed by atoms with E-state index in [1.807, 2.05) is 18.2 Å². The third-order valence-electron chi connectivity index (χ3n) is 2.74. The Morgan fingerprint density at radius 2 is 2.00 bits per heavy atom. The molecule has 0 bridgehead atoms. The Bertz CT molecular complexity index is 556. The van der Waals surface area contributed by atoms with Gasteiger partial charge in [0.15, 0.2) is 0 Å². The highest BCUT2D eigenvalue weighted by atomic mass is 16.2. The number of pyridine rings is 2. The lowest BCUT2D eigenvalue weighted by atomic mass is 10.2. The first-order chi connectivity index (χ1) is 9.20. The number of aromatic nitrogens is 2. The molecular weight excluding hydrogens is 240 g/mol. The van der Waals surface area contributed by atoms with E-state index in [1.165, 1.54) is 0 Å². The summed E-state index contributed by atoms with van der Waals surface area (Å²) < 4.78 is 0. The third-order valence-corrected chi connectivity index (χ3v) is 2.74. The molecule has 0 spiro atoms. The molecule has 5 nitrogen and oxygen atoms in total.